The Hall–Kier alpha value is -4.01. The van der Waals surface area contributed by atoms with E-state index in [-0.39, 0.29) is 17.3 Å². The molecule has 1 fully saturated rings. The van der Waals surface area contributed by atoms with E-state index < -0.39 is 10.8 Å². The fraction of sp³-hybridized carbons (Fsp3) is 0.292. The summed E-state index contributed by atoms with van der Waals surface area (Å²) in [5.74, 6) is 0.346. The summed E-state index contributed by atoms with van der Waals surface area (Å²) in [6, 6.07) is 17.5. The fourth-order valence-electron chi connectivity index (χ4n) is 4.17. The molecule has 2 heterocycles. The molecule has 1 saturated heterocycles. The number of rotatable bonds is 7. The Labute approximate surface area is 192 Å². The van der Waals surface area contributed by atoms with Crippen LogP contribution in [-0.2, 0) is 6.42 Å². The van der Waals surface area contributed by atoms with Crippen molar-refractivity contribution in [2.75, 3.05) is 23.4 Å². The monoisotopic (exact) mass is 446 g/mol. The molecule has 1 amide bonds. The Kier molecular flexibility index (Phi) is 6.77. The number of hydrogen-bond donors (Lipinski definition) is 2. The summed E-state index contributed by atoms with van der Waals surface area (Å²) in [5, 5.41) is 11.9. The first kappa shape index (κ1) is 22.2. The molecule has 1 aliphatic heterocycles. The number of carbonyl (C=O) groups excluding carboxylic acids is 1. The van der Waals surface area contributed by atoms with E-state index in [2.05, 4.69) is 33.0 Å². The highest BCUT2D eigenvalue weighted by Gasteiger charge is 2.30. The van der Waals surface area contributed by atoms with Gasteiger partial charge in [0.1, 0.15) is 6.33 Å². The van der Waals surface area contributed by atoms with Gasteiger partial charge in [-0.05, 0) is 49.3 Å². The van der Waals surface area contributed by atoms with E-state index in [9.17, 15) is 14.9 Å². The largest absolute Gasteiger partial charge is 0.355 e. The van der Waals surface area contributed by atoms with Crippen molar-refractivity contribution in [1.29, 1.82) is 0 Å². The van der Waals surface area contributed by atoms with Crippen molar-refractivity contribution in [2.24, 2.45) is 5.92 Å². The Morgan fingerprint density at radius 3 is 2.48 bits per heavy atom. The summed E-state index contributed by atoms with van der Waals surface area (Å²) in [7, 11) is 0. The summed E-state index contributed by atoms with van der Waals surface area (Å²) < 4.78 is 0. The van der Waals surface area contributed by atoms with Gasteiger partial charge in [0.05, 0.1) is 4.92 Å². The number of hydrazine groups is 1. The summed E-state index contributed by atoms with van der Waals surface area (Å²) in [5.41, 5.74) is 7.47. The van der Waals surface area contributed by atoms with Crippen molar-refractivity contribution in [3.63, 3.8) is 0 Å². The molecule has 9 heteroatoms. The van der Waals surface area contributed by atoms with Gasteiger partial charge in [-0.3, -0.25) is 25.8 Å². The van der Waals surface area contributed by atoms with Gasteiger partial charge in [-0.1, -0.05) is 48.5 Å². The van der Waals surface area contributed by atoms with Gasteiger partial charge >= 0.3 is 5.69 Å². The lowest BCUT2D eigenvalue weighted by atomic mass is 9.90. The standard InChI is InChI=1S/C24H26N6O3/c1-17-7-5-6-10-20(17)24(31)28-27-22-21(30(32)33)23(26-16-25-22)29-13-11-19(12-14-29)15-18-8-3-2-4-9-18/h2-10,16,19H,11-15H2,1H3,(H,28,31)(H,25,26,27). The number of aromatic nitrogens is 2. The summed E-state index contributed by atoms with van der Waals surface area (Å²) in [4.78, 5) is 34.0. The van der Waals surface area contributed by atoms with E-state index in [0.717, 1.165) is 24.8 Å². The Bertz CT molecular complexity index is 1130. The van der Waals surface area contributed by atoms with Crippen LogP contribution in [0.2, 0.25) is 0 Å². The van der Waals surface area contributed by atoms with Crippen LogP contribution in [0.25, 0.3) is 0 Å². The lowest BCUT2D eigenvalue weighted by Gasteiger charge is -2.32. The van der Waals surface area contributed by atoms with Crippen LogP contribution >= 0.6 is 0 Å². The first-order chi connectivity index (χ1) is 16.0. The maximum absolute atomic E-state index is 12.5. The second-order valence-corrected chi connectivity index (χ2v) is 8.17. The van der Waals surface area contributed by atoms with Gasteiger partial charge in [0, 0.05) is 18.7 Å². The zero-order valence-electron chi connectivity index (χ0n) is 18.4. The highest BCUT2D eigenvalue weighted by molar-refractivity contribution is 5.96. The van der Waals surface area contributed by atoms with Crippen LogP contribution in [0.5, 0.6) is 0 Å². The second-order valence-electron chi connectivity index (χ2n) is 8.17. The minimum absolute atomic E-state index is 0.0432. The van der Waals surface area contributed by atoms with E-state index in [0.29, 0.717) is 24.6 Å². The third-order valence-electron chi connectivity index (χ3n) is 5.95. The van der Waals surface area contributed by atoms with Gasteiger partial charge in [0.15, 0.2) is 0 Å². The lowest BCUT2D eigenvalue weighted by Crippen LogP contribution is -2.36. The van der Waals surface area contributed by atoms with Gasteiger partial charge in [-0.2, -0.15) is 0 Å². The number of nitro groups is 1. The molecule has 9 nitrogen and oxygen atoms in total. The Morgan fingerprint density at radius 1 is 1.09 bits per heavy atom. The molecule has 2 N–H and O–H groups in total. The molecule has 0 saturated carbocycles. The summed E-state index contributed by atoms with van der Waals surface area (Å²) >= 11 is 0. The van der Waals surface area contributed by atoms with Crippen LogP contribution in [0.15, 0.2) is 60.9 Å². The molecule has 170 valence electrons. The van der Waals surface area contributed by atoms with E-state index in [4.69, 9.17) is 0 Å². The van der Waals surface area contributed by atoms with Crippen LogP contribution in [-0.4, -0.2) is 33.9 Å². The number of amides is 1. The third-order valence-corrected chi connectivity index (χ3v) is 5.95. The predicted molar refractivity (Wildman–Crippen MR) is 126 cm³/mol. The highest BCUT2D eigenvalue weighted by atomic mass is 16.6. The number of aryl methyl sites for hydroxylation is 1. The van der Waals surface area contributed by atoms with Crippen LogP contribution in [0.4, 0.5) is 17.3 Å². The average Bonchev–Trinajstić information content (AvgIpc) is 2.83. The van der Waals surface area contributed by atoms with Crippen molar-refractivity contribution in [3.8, 4) is 0 Å². The molecule has 4 rings (SSSR count). The number of hydrogen-bond acceptors (Lipinski definition) is 7. The third kappa shape index (κ3) is 5.25. The normalized spacial score (nSPS) is 14.0. The van der Waals surface area contributed by atoms with E-state index >= 15 is 0 Å². The second kappa shape index (κ2) is 10.1. The molecule has 0 atom stereocenters. The number of benzene rings is 2. The molecule has 2 aromatic carbocycles. The first-order valence-corrected chi connectivity index (χ1v) is 10.9. The minimum Gasteiger partial charge on any atom is -0.351 e. The summed E-state index contributed by atoms with van der Waals surface area (Å²) in [6.45, 7) is 3.16. The first-order valence-electron chi connectivity index (χ1n) is 10.9. The van der Waals surface area contributed by atoms with Crippen molar-refractivity contribution in [2.45, 2.75) is 26.2 Å². The number of carbonyl (C=O) groups is 1. The Morgan fingerprint density at radius 2 is 1.79 bits per heavy atom. The lowest BCUT2D eigenvalue weighted by molar-refractivity contribution is -0.383. The molecule has 0 spiro atoms. The fourth-order valence-corrected chi connectivity index (χ4v) is 4.17. The number of nitrogens with zero attached hydrogens (tertiary/aromatic N) is 4. The zero-order chi connectivity index (χ0) is 23.2. The van der Waals surface area contributed by atoms with Crippen LogP contribution < -0.4 is 15.8 Å². The number of piperidine rings is 1. The molecule has 1 aliphatic rings. The molecule has 1 aromatic heterocycles. The van der Waals surface area contributed by atoms with Crippen LogP contribution in [0.3, 0.4) is 0 Å². The Balaban J connectivity index is 1.45. The SMILES string of the molecule is Cc1ccccc1C(=O)NNc1ncnc(N2CCC(Cc3ccccc3)CC2)c1[N+](=O)[O-]. The summed E-state index contributed by atoms with van der Waals surface area (Å²) in [6.07, 6.45) is 4.12. The average molecular weight is 447 g/mol. The molecule has 0 radical (unpaired) electrons. The number of anilines is 2. The molecular weight excluding hydrogens is 420 g/mol. The maximum atomic E-state index is 12.5. The van der Waals surface area contributed by atoms with Crippen molar-refractivity contribution in [1.82, 2.24) is 15.4 Å². The minimum atomic E-state index is -0.506. The van der Waals surface area contributed by atoms with Crippen molar-refractivity contribution in [3.05, 3.63) is 87.7 Å². The molecule has 0 bridgehead atoms. The van der Waals surface area contributed by atoms with E-state index in [1.165, 1.54) is 11.9 Å². The molecular formula is C24H26N6O3. The highest BCUT2D eigenvalue weighted by Crippen LogP contribution is 2.34. The van der Waals surface area contributed by atoms with E-state index in [1.807, 2.05) is 42.2 Å². The van der Waals surface area contributed by atoms with Gasteiger partial charge in [-0.25, -0.2) is 9.97 Å². The molecule has 0 unspecified atom stereocenters. The van der Waals surface area contributed by atoms with Crippen molar-refractivity contribution >= 4 is 23.2 Å². The zero-order valence-corrected chi connectivity index (χ0v) is 18.4. The predicted octanol–water partition coefficient (Wildman–Crippen LogP) is 3.91. The van der Waals surface area contributed by atoms with E-state index in [1.54, 1.807) is 12.1 Å². The maximum Gasteiger partial charge on any atom is 0.355 e. The molecule has 33 heavy (non-hydrogen) atoms. The van der Waals surface area contributed by atoms with Gasteiger partial charge in [-0.15, -0.1) is 0 Å². The van der Waals surface area contributed by atoms with Gasteiger partial charge in [0.2, 0.25) is 11.6 Å². The van der Waals surface area contributed by atoms with Crippen LogP contribution in [0, 0.1) is 23.0 Å². The van der Waals surface area contributed by atoms with Crippen molar-refractivity contribution < 1.29 is 9.72 Å². The topological polar surface area (TPSA) is 113 Å². The smallest absolute Gasteiger partial charge is 0.351 e. The number of nitrogens with one attached hydrogen (secondary N) is 2. The van der Waals surface area contributed by atoms with Crippen LogP contribution in [0.1, 0.15) is 34.3 Å². The van der Waals surface area contributed by atoms with Gasteiger partial charge < -0.3 is 4.90 Å². The molecule has 0 aliphatic carbocycles. The quantitative estimate of drug-likeness (QED) is 0.418. The van der Waals surface area contributed by atoms with Gasteiger partial charge in [0.25, 0.3) is 5.91 Å². The molecule has 3 aromatic rings.